The molecule has 0 unspecified atom stereocenters. The van der Waals surface area contributed by atoms with Gasteiger partial charge in [0.05, 0.1) is 6.33 Å². The Bertz CT molecular complexity index is 822. The number of sulfonamides is 1. The first-order chi connectivity index (χ1) is 13.0. The predicted molar refractivity (Wildman–Crippen MR) is 104 cm³/mol. The highest BCUT2D eigenvalue weighted by atomic mass is 32.2. The van der Waals surface area contributed by atoms with Crippen LogP contribution >= 0.6 is 0 Å². The minimum absolute atomic E-state index is 0.0625. The van der Waals surface area contributed by atoms with Crippen molar-refractivity contribution in [1.82, 2.24) is 19.2 Å². The van der Waals surface area contributed by atoms with Gasteiger partial charge < -0.3 is 14.6 Å². The van der Waals surface area contributed by atoms with Crippen molar-refractivity contribution in [2.75, 3.05) is 32.8 Å². The number of aryl methyl sites for hydroxylation is 1. The largest absolute Gasteiger partial charge is 0.382 e. The Labute approximate surface area is 161 Å². The third-order valence-corrected chi connectivity index (χ3v) is 6.59. The highest BCUT2D eigenvalue weighted by Gasteiger charge is 2.40. The van der Waals surface area contributed by atoms with E-state index in [1.54, 1.807) is 22.1 Å². The molecule has 2 atom stereocenters. The molecule has 1 aliphatic rings. The maximum atomic E-state index is 13.0. The number of hydrogen-bond donors (Lipinski definition) is 1. The Hall–Kier alpha value is -1.74. The van der Waals surface area contributed by atoms with Gasteiger partial charge in [-0.3, -0.25) is 0 Å². The molecule has 1 N–H and O–H groups in total. The molecule has 1 fully saturated rings. The van der Waals surface area contributed by atoms with Crippen molar-refractivity contribution in [2.24, 2.45) is 7.05 Å². The molecule has 148 valence electrons. The van der Waals surface area contributed by atoms with Crippen molar-refractivity contribution in [3.05, 3.63) is 48.4 Å². The molecule has 2 aromatic rings. The van der Waals surface area contributed by atoms with E-state index in [4.69, 9.17) is 4.74 Å². The number of rotatable bonds is 9. The zero-order valence-corrected chi connectivity index (χ0v) is 16.7. The van der Waals surface area contributed by atoms with Crippen LogP contribution in [0.3, 0.4) is 0 Å². The van der Waals surface area contributed by atoms with Gasteiger partial charge >= 0.3 is 0 Å². The van der Waals surface area contributed by atoms with Crippen LogP contribution in [0.4, 0.5) is 0 Å². The number of benzene rings is 1. The minimum Gasteiger partial charge on any atom is -0.382 e. The van der Waals surface area contributed by atoms with Gasteiger partial charge in [-0.2, -0.15) is 4.31 Å². The van der Waals surface area contributed by atoms with E-state index in [1.807, 2.05) is 25.1 Å². The van der Waals surface area contributed by atoms with Gasteiger partial charge in [-0.25, -0.2) is 13.4 Å². The first-order valence-electron chi connectivity index (χ1n) is 9.36. The highest BCUT2D eigenvalue weighted by molar-refractivity contribution is 7.89. The zero-order valence-electron chi connectivity index (χ0n) is 15.9. The molecule has 27 heavy (non-hydrogen) atoms. The van der Waals surface area contributed by atoms with Crippen LogP contribution < -0.4 is 5.32 Å². The molecule has 8 heteroatoms. The van der Waals surface area contributed by atoms with Gasteiger partial charge in [-0.1, -0.05) is 30.3 Å². The maximum absolute atomic E-state index is 13.0. The molecular formula is C19H28N4O3S. The molecule has 0 aliphatic carbocycles. The number of nitrogens with one attached hydrogen (secondary N) is 1. The molecular weight excluding hydrogens is 364 g/mol. The van der Waals surface area contributed by atoms with Gasteiger partial charge in [0.15, 0.2) is 5.03 Å². The summed E-state index contributed by atoms with van der Waals surface area (Å²) in [6.07, 6.45) is 3.97. The molecule has 1 aromatic heterocycles. The molecule has 1 aromatic carbocycles. The highest BCUT2D eigenvalue weighted by Crippen LogP contribution is 2.31. The smallest absolute Gasteiger partial charge is 0.262 e. The fourth-order valence-corrected chi connectivity index (χ4v) is 4.93. The van der Waals surface area contributed by atoms with Crippen molar-refractivity contribution in [2.45, 2.75) is 30.3 Å². The van der Waals surface area contributed by atoms with Crippen LogP contribution in [0.25, 0.3) is 0 Å². The molecule has 0 radical (unpaired) electrons. The standard InChI is InChI=1S/C19H28N4O3S/c1-3-26-11-7-10-20-18-13-23(12-17(18)16-8-5-4-6-9-16)27(24,25)19-14-22(2)15-21-19/h4-6,8-9,14-15,17-18,20H,3,7,10-13H2,1-2H3/t17-,18+/m1/s1. The van der Waals surface area contributed by atoms with E-state index < -0.39 is 10.0 Å². The van der Waals surface area contributed by atoms with Gasteiger partial charge in [0.25, 0.3) is 10.0 Å². The molecule has 0 saturated carbocycles. The third kappa shape index (κ3) is 4.76. The van der Waals surface area contributed by atoms with Crippen LogP contribution in [0.15, 0.2) is 47.9 Å². The van der Waals surface area contributed by atoms with E-state index in [2.05, 4.69) is 22.4 Å². The number of hydrogen-bond acceptors (Lipinski definition) is 5. The molecule has 2 heterocycles. The second-order valence-corrected chi connectivity index (χ2v) is 8.71. The van der Waals surface area contributed by atoms with Gasteiger partial charge in [0.2, 0.25) is 0 Å². The average molecular weight is 393 g/mol. The Balaban J connectivity index is 1.74. The van der Waals surface area contributed by atoms with E-state index >= 15 is 0 Å². The summed E-state index contributed by atoms with van der Waals surface area (Å²) in [4.78, 5) is 4.05. The predicted octanol–water partition coefficient (Wildman–Crippen LogP) is 1.59. The molecule has 0 amide bonds. The lowest BCUT2D eigenvalue weighted by Gasteiger charge is -2.20. The summed E-state index contributed by atoms with van der Waals surface area (Å²) in [5, 5.41) is 3.64. The van der Waals surface area contributed by atoms with Crippen molar-refractivity contribution in [1.29, 1.82) is 0 Å². The van der Waals surface area contributed by atoms with Crippen molar-refractivity contribution < 1.29 is 13.2 Å². The van der Waals surface area contributed by atoms with Gasteiger partial charge in [-0.05, 0) is 25.5 Å². The van der Waals surface area contributed by atoms with E-state index in [0.29, 0.717) is 26.3 Å². The summed E-state index contributed by atoms with van der Waals surface area (Å²) in [5.74, 6) is 0.108. The summed E-state index contributed by atoms with van der Waals surface area (Å²) < 4.78 is 34.6. The number of imidazole rings is 1. The molecule has 1 saturated heterocycles. The van der Waals surface area contributed by atoms with E-state index in [1.165, 1.54) is 6.33 Å². The van der Waals surface area contributed by atoms with Gasteiger partial charge in [0.1, 0.15) is 0 Å². The Kier molecular flexibility index (Phi) is 6.64. The Morgan fingerprint density at radius 2 is 2.04 bits per heavy atom. The fraction of sp³-hybridized carbons (Fsp3) is 0.526. The first-order valence-corrected chi connectivity index (χ1v) is 10.8. The summed E-state index contributed by atoms with van der Waals surface area (Å²) in [7, 11) is -1.82. The quantitative estimate of drug-likeness (QED) is 0.656. The number of nitrogens with zero attached hydrogens (tertiary/aromatic N) is 3. The average Bonchev–Trinajstić information content (AvgIpc) is 3.29. The molecule has 1 aliphatic heterocycles. The van der Waals surface area contributed by atoms with Crippen LogP contribution in [-0.2, 0) is 21.8 Å². The Morgan fingerprint density at radius 1 is 1.26 bits per heavy atom. The Morgan fingerprint density at radius 3 is 2.70 bits per heavy atom. The SMILES string of the molecule is CCOCCCN[C@H]1CN(S(=O)(=O)c2cn(C)cn2)C[C@@H]1c1ccccc1. The fourth-order valence-electron chi connectivity index (χ4n) is 3.47. The van der Waals surface area contributed by atoms with E-state index in [9.17, 15) is 8.42 Å². The zero-order chi connectivity index (χ0) is 19.3. The van der Waals surface area contributed by atoms with E-state index in [0.717, 1.165) is 18.5 Å². The summed E-state index contributed by atoms with van der Waals surface area (Å²) in [6.45, 7) is 5.09. The first kappa shape index (κ1) is 20.0. The van der Waals surface area contributed by atoms with Crippen LogP contribution in [0.2, 0.25) is 0 Å². The number of aromatic nitrogens is 2. The lowest BCUT2D eigenvalue weighted by Crippen LogP contribution is -2.37. The molecule has 0 spiro atoms. The lowest BCUT2D eigenvalue weighted by molar-refractivity contribution is 0.144. The monoisotopic (exact) mass is 392 g/mol. The van der Waals surface area contributed by atoms with Crippen LogP contribution in [0.1, 0.15) is 24.8 Å². The van der Waals surface area contributed by atoms with Crippen molar-refractivity contribution >= 4 is 10.0 Å². The van der Waals surface area contributed by atoms with Crippen LogP contribution in [-0.4, -0.2) is 61.2 Å². The van der Waals surface area contributed by atoms with Crippen molar-refractivity contribution in [3.63, 3.8) is 0 Å². The van der Waals surface area contributed by atoms with Crippen LogP contribution in [0.5, 0.6) is 0 Å². The van der Waals surface area contributed by atoms with Crippen LogP contribution in [0, 0.1) is 0 Å². The van der Waals surface area contributed by atoms with Gasteiger partial charge in [0, 0.05) is 51.5 Å². The third-order valence-electron chi connectivity index (χ3n) is 4.88. The topological polar surface area (TPSA) is 76.5 Å². The molecule has 3 rings (SSSR count). The van der Waals surface area contributed by atoms with Gasteiger partial charge in [-0.15, -0.1) is 0 Å². The summed E-state index contributed by atoms with van der Waals surface area (Å²) in [5.41, 5.74) is 1.15. The molecule has 0 bridgehead atoms. The minimum atomic E-state index is -3.59. The number of ether oxygens (including phenoxy) is 1. The van der Waals surface area contributed by atoms with Crippen molar-refractivity contribution in [3.8, 4) is 0 Å². The second kappa shape index (κ2) is 8.97. The maximum Gasteiger partial charge on any atom is 0.262 e. The molecule has 7 nitrogen and oxygen atoms in total. The normalized spacial score (nSPS) is 21.0. The summed E-state index contributed by atoms with van der Waals surface area (Å²) >= 11 is 0. The lowest BCUT2D eigenvalue weighted by atomic mass is 9.94. The second-order valence-electron chi connectivity index (χ2n) is 6.83. The summed E-state index contributed by atoms with van der Waals surface area (Å²) in [6, 6.07) is 10.2. The van der Waals surface area contributed by atoms with E-state index in [-0.39, 0.29) is 17.0 Å².